The van der Waals surface area contributed by atoms with Gasteiger partial charge in [0.05, 0.1) is 15.9 Å². The van der Waals surface area contributed by atoms with E-state index in [2.05, 4.69) is 90.6 Å². The van der Waals surface area contributed by atoms with E-state index in [0.717, 1.165) is 34.9 Å². The van der Waals surface area contributed by atoms with Gasteiger partial charge in [0, 0.05) is 16.3 Å². The van der Waals surface area contributed by atoms with Gasteiger partial charge in [0.15, 0.2) is 0 Å². The summed E-state index contributed by atoms with van der Waals surface area (Å²) in [6.07, 6.45) is 1.93. The lowest BCUT2D eigenvalue weighted by Gasteiger charge is -2.16. The highest BCUT2D eigenvalue weighted by molar-refractivity contribution is 9.11. The zero-order valence-corrected chi connectivity index (χ0v) is 17.0. The number of benzene rings is 1. The smallest absolute Gasteiger partial charge is 0.0766 e. The first-order valence-corrected chi connectivity index (χ1v) is 9.86. The number of aryl methyl sites for hydroxylation is 2. The molecule has 0 fully saturated rings. The number of hydrogen-bond acceptors (Lipinski definition) is 1. The average Bonchev–Trinajstić information content (AvgIpc) is 2.80. The highest BCUT2D eigenvalue weighted by Gasteiger charge is 2.19. The molecular weight excluding hydrogens is 460 g/mol. The molecule has 1 heterocycles. The predicted molar refractivity (Wildman–Crippen MR) is 99.4 cm³/mol. The van der Waals surface area contributed by atoms with E-state index < -0.39 is 0 Å². The Labute approximate surface area is 151 Å². The van der Waals surface area contributed by atoms with E-state index in [9.17, 15) is 0 Å². The molecule has 2 aromatic rings. The molecule has 0 saturated heterocycles. The molecule has 0 N–H and O–H groups in total. The minimum atomic E-state index is 0.436. The van der Waals surface area contributed by atoms with Crippen LogP contribution in [-0.2, 0) is 19.4 Å². The fourth-order valence-corrected chi connectivity index (χ4v) is 4.21. The van der Waals surface area contributed by atoms with Gasteiger partial charge in [0.1, 0.15) is 0 Å². The fraction of sp³-hybridized carbons (Fsp3) is 0.438. The lowest BCUT2D eigenvalue weighted by atomic mass is 9.96. The van der Waals surface area contributed by atoms with E-state index in [1.807, 2.05) is 0 Å². The molecule has 1 atom stereocenters. The summed E-state index contributed by atoms with van der Waals surface area (Å²) in [5.74, 6) is 0.436. The normalized spacial score (nSPS) is 12.6. The van der Waals surface area contributed by atoms with Gasteiger partial charge in [0.2, 0.25) is 0 Å². The summed E-state index contributed by atoms with van der Waals surface area (Å²) in [4.78, 5) is 0. The Kier molecular flexibility index (Phi) is 6.51. The molecule has 0 spiro atoms. The Morgan fingerprint density at radius 1 is 1.24 bits per heavy atom. The second-order valence-electron chi connectivity index (χ2n) is 4.99. The summed E-state index contributed by atoms with van der Waals surface area (Å²) in [5.41, 5.74) is 3.78. The molecule has 1 unspecified atom stereocenters. The highest BCUT2D eigenvalue weighted by Crippen LogP contribution is 2.30. The molecule has 2 rings (SSSR count). The molecule has 21 heavy (non-hydrogen) atoms. The van der Waals surface area contributed by atoms with Gasteiger partial charge >= 0.3 is 0 Å². The van der Waals surface area contributed by atoms with Crippen LogP contribution in [0.25, 0.3) is 0 Å². The summed E-state index contributed by atoms with van der Waals surface area (Å²) in [6.45, 7) is 5.19. The van der Waals surface area contributed by atoms with Crippen molar-refractivity contribution in [1.29, 1.82) is 0 Å². The highest BCUT2D eigenvalue weighted by atomic mass is 79.9. The van der Waals surface area contributed by atoms with Crippen molar-refractivity contribution in [3.8, 4) is 0 Å². The summed E-state index contributed by atoms with van der Waals surface area (Å²) < 4.78 is 4.42. The second-order valence-corrected chi connectivity index (χ2v) is 7.34. The van der Waals surface area contributed by atoms with Gasteiger partial charge in [-0.2, -0.15) is 5.10 Å². The Hall–Kier alpha value is -0.130. The van der Waals surface area contributed by atoms with Crippen molar-refractivity contribution in [3.63, 3.8) is 0 Å². The minimum Gasteiger partial charge on any atom is -0.268 e. The number of hydrogen-bond donors (Lipinski definition) is 0. The van der Waals surface area contributed by atoms with Gasteiger partial charge in [-0.05, 0) is 59.3 Å². The number of rotatable bonds is 6. The third-order valence-electron chi connectivity index (χ3n) is 3.64. The Morgan fingerprint density at radius 2 is 2.00 bits per heavy atom. The van der Waals surface area contributed by atoms with Crippen LogP contribution in [0.2, 0.25) is 0 Å². The van der Waals surface area contributed by atoms with E-state index in [4.69, 9.17) is 5.10 Å². The summed E-state index contributed by atoms with van der Waals surface area (Å²) in [7, 11) is 0. The van der Waals surface area contributed by atoms with Crippen LogP contribution in [0.3, 0.4) is 0 Å². The molecule has 2 nitrogen and oxygen atoms in total. The van der Waals surface area contributed by atoms with Crippen LogP contribution in [0.5, 0.6) is 0 Å². The predicted octanol–water partition coefficient (Wildman–Crippen LogP) is 5.71. The Balaban J connectivity index is 2.32. The van der Waals surface area contributed by atoms with Crippen LogP contribution in [0.4, 0.5) is 0 Å². The van der Waals surface area contributed by atoms with Crippen LogP contribution in [-0.4, -0.2) is 15.1 Å². The maximum atomic E-state index is 4.69. The zero-order valence-electron chi connectivity index (χ0n) is 12.2. The lowest BCUT2D eigenvalue weighted by molar-refractivity contribution is 0.594. The van der Waals surface area contributed by atoms with Crippen molar-refractivity contribution >= 4 is 47.8 Å². The average molecular weight is 479 g/mol. The third kappa shape index (κ3) is 3.99. The molecule has 1 aromatic carbocycles. The van der Waals surface area contributed by atoms with Crippen molar-refractivity contribution < 1.29 is 0 Å². The first-order valence-electron chi connectivity index (χ1n) is 7.16. The Bertz CT molecular complexity index is 608. The van der Waals surface area contributed by atoms with Gasteiger partial charge < -0.3 is 0 Å². The molecule has 0 radical (unpaired) electrons. The van der Waals surface area contributed by atoms with Crippen LogP contribution in [0.1, 0.15) is 36.7 Å². The van der Waals surface area contributed by atoms with Crippen molar-refractivity contribution in [2.45, 2.75) is 39.2 Å². The van der Waals surface area contributed by atoms with E-state index in [-0.39, 0.29) is 0 Å². The first kappa shape index (κ1) is 17.2. The summed E-state index contributed by atoms with van der Waals surface area (Å²) >= 11 is 11.0. The molecule has 0 saturated carbocycles. The van der Waals surface area contributed by atoms with Gasteiger partial charge in [-0.1, -0.05) is 50.9 Å². The maximum absolute atomic E-state index is 4.69. The van der Waals surface area contributed by atoms with Crippen molar-refractivity contribution in [2.24, 2.45) is 0 Å². The van der Waals surface area contributed by atoms with Gasteiger partial charge in [-0.3, -0.25) is 4.68 Å². The van der Waals surface area contributed by atoms with Crippen molar-refractivity contribution in [1.82, 2.24) is 9.78 Å². The molecule has 0 aliphatic carbocycles. The molecule has 0 aliphatic heterocycles. The van der Waals surface area contributed by atoms with Crippen LogP contribution in [0.15, 0.2) is 33.2 Å². The van der Waals surface area contributed by atoms with Crippen LogP contribution >= 0.6 is 47.8 Å². The molecule has 0 aliphatic rings. The van der Waals surface area contributed by atoms with Crippen molar-refractivity contribution in [2.75, 3.05) is 5.33 Å². The lowest BCUT2D eigenvalue weighted by Crippen LogP contribution is -2.10. The second kappa shape index (κ2) is 7.93. The molecule has 114 valence electrons. The van der Waals surface area contributed by atoms with E-state index in [1.165, 1.54) is 15.7 Å². The fourth-order valence-electron chi connectivity index (χ4n) is 2.47. The summed E-state index contributed by atoms with van der Waals surface area (Å²) in [6, 6.07) is 8.56. The number of halogens is 3. The maximum Gasteiger partial charge on any atom is 0.0766 e. The van der Waals surface area contributed by atoms with E-state index >= 15 is 0 Å². The van der Waals surface area contributed by atoms with Crippen molar-refractivity contribution in [3.05, 3.63) is 50.2 Å². The molecule has 1 aromatic heterocycles. The topological polar surface area (TPSA) is 17.8 Å². The van der Waals surface area contributed by atoms with Crippen LogP contribution < -0.4 is 0 Å². The van der Waals surface area contributed by atoms with E-state index in [1.54, 1.807) is 0 Å². The van der Waals surface area contributed by atoms with Gasteiger partial charge in [0.25, 0.3) is 0 Å². The molecule has 0 amide bonds. The minimum absolute atomic E-state index is 0.436. The number of aromatic nitrogens is 2. The van der Waals surface area contributed by atoms with E-state index in [0.29, 0.717) is 5.92 Å². The third-order valence-corrected chi connectivity index (χ3v) is 5.83. The summed E-state index contributed by atoms with van der Waals surface area (Å²) in [5, 5.41) is 5.63. The molecule has 0 bridgehead atoms. The monoisotopic (exact) mass is 476 g/mol. The first-order chi connectivity index (χ1) is 10.1. The SMILES string of the molecule is CCc1nn(CC)c(CC(CBr)c2cccc(Br)c2)c1Br. The largest absolute Gasteiger partial charge is 0.268 e. The standard InChI is InChI=1S/C16H19Br3N2/c1-3-14-16(19)15(21(4-2)20-14)9-12(10-17)11-6-5-7-13(18)8-11/h5-8,12H,3-4,9-10H2,1-2H3. The number of nitrogens with zero attached hydrogens (tertiary/aromatic N) is 2. The van der Waals surface area contributed by atoms with Crippen LogP contribution in [0, 0.1) is 0 Å². The zero-order chi connectivity index (χ0) is 15.4. The molecular formula is C16H19Br3N2. The van der Waals surface area contributed by atoms with Gasteiger partial charge in [-0.25, -0.2) is 0 Å². The Morgan fingerprint density at radius 3 is 2.57 bits per heavy atom. The number of alkyl halides is 1. The molecule has 5 heteroatoms. The van der Waals surface area contributed by atoms with Gasteiger partial charge in [-0.15, -0.1) is 0 Å². The quantitative estimate of drug-likeness (QED) is 0.486.